The van der Waals surface area contributed by atoms with Crippen LogP contribution < -0.4 is 10.5 Å². The lowest BCUT2D eigenvalue weighted by molar-refractivity contribution is 0.0531. The van der Waals surface area contributed by atoms with Gasteiger partial charge in [-0.05, 0) is 31.5 Å². The number of imidazole rings is 1. The van der Waals surface area contributed by atoms with Crippen molar-refractivity contribution in [1.29, 1.82) is 0 Å². The Balaban J connectivity index is 1.59. The first-order valence-corrected chi connectivity index (χ1v) is 11.3. The third-order valence-electron chi connectivity index (χ3n) is 4.59. The van der Waals surface area contributed by atoms with Crippen molar-refractivity contribution in [1.82, 2.24) is 19.5 Å². The molecule has 0 amide bonds. The smallest absolute Gasteiger partial charge is 0.348 e. The highest BCUT2D eigenvalue weighted by Gasteiger charge is 2.20. The predicted octanol–water partition coefficient (Wildman–Crippen LogP) is 4.25. The first-order valence-electron chi connectivity index (χ1n) is 9.55. The number of anilines is 1. The molecule has 0 saturated carbocycles. The predicted molar refractivity (Wildman–Crippen MR) is 122 cm³/mol. The van der Waals surface area contributed by atoms with Crippen LogP contribution in [0.15, 0.2) is 41.8 Å². The molecule has 0 fully saturated rings. The van der Waals surface area contributed by atoms with E-state index >= 15 is 0 Å². The summed E-state index contributed by atoms with van der Waals surface area (Å²) in [5, 5.41) is 1.50. The second-order valence-electron chi connectivity index (χ2n) is 6.55. The van der Waals surface area contributed by atoms with Crippen molar-refractivity contribution >= 4 is 45.1 Å². The van der Waals surface area contributed by atoms with Crippen LogP contribution in [0.3, 0.4) is 0 Å². The number of carbonyl (C=O) groups excluding carboxylic acids is 1. The number of fused-ring (bicyclic) bond motifs is 1. The molecule has 3 aromatic heterocycles. The van der Waals surface area contributed by atoms with Gasteiger partial charge in [0.15, 0.2) is 5.16 Å². The molecule has 160 valence electrons. The number of aryl methyl sites for hydroxylation is 1. The number of hydrogen-bond donors (Lipinski definition) is 1. The Labute approximate surface area is 187 Å². The van der Waals surface area contributed by atoms with Crippen molar-refractivity contribution in [2.45, 2.75) is 24.8 Å². The number of esters is 1. The lowest BCUT2D eigenvalue weighted by Crippen LogP contribution is -2.04. The molecule has 0 unspecified atom stereocenters. The molecule has 0 aliphatic carbocycles. The molecular weight excluding hydrogens is 434 g/mol. The Kier molecular flexibility index (Phi) is 6.10. The van der Waals surface area contributed by atoms with Gasteiger partial charge in [0, 0.05) is 18.5 Å². The second-order valence-corrected chi connectivity index (χ2v) is 8.49. The molecule has 2 N–H and O–H groups in total. The van der Waals surface area contributed by atoms with Gasteiger partial charge in [-0.2, -0.15) is 0 Å². The van der Waals surface area contributed by atoms with Gasteiger partial charge in [-0.1, -0.05) is 17.8 Å². The lowest BCUT2D eigenvalue weighted by atomic mass is 10.2. The summed E-state index contributed by atoms with van der Waals surface area (Å²) in [7, 11) is 1.64. The number of thioether (sulfide) groups is 1. The Morgan fingerprint density at radius 1 is 1.32 bits per heavy atom. The van der Waals surface area contributed by atoms with Crippen LogP contribution in [0.4, 0.5) is 5.82 Å². The quantitative estimate of drug-likeness (QED) is 0.326. The molecule has 8 nitrogen and oxygen atoms in total. The van der Waals surface area contributed by atoms with E-state index in [-0.39, 0.29) is 5.97 Å². The van der Waals surface area contributed by atoms with Crippen molar-refractivity contribution in [3.63, 3.8) is 0 Å². The molecule has 3 heterocycles. The monoisotopic (exact) mass is 455 g/mol. The van der Waals surface area contributed by atoms with E-state index < -0.39 is 0 Å². The highest BCUT2D eigenvalue weighted by molar-refractivity contribution is 7.98. The van der Waals surface area contributed by atoms with Gasteiger partial charge in [-0.25, -0.2) is 19.7 Å². The minimum atomic E-state index is -0.362. The van der Waals surface area contributed by atoms with Crippen LogP contribution in [-0.2, 0) is 10.5 Å². The Morgan fingerprint density at radius 3 is 2.94 bits per heavy atom. The van der Waals surface area contributed by atoms with Crippen molar-refractivity contribution in [2.24, 2.45) is 0 Å². The minimum absolute atomic E-state index is 0.315. The number of nitrogens with two attached hydrogens (primary N) is 1. The summed E-state index contributed by atoms with van der Waals surface area (Å²) >= 11 is 2.78. The summed E-state index contributed by atoms with van der Waals surface area (Å²) < 4.78 is 12.4. The summed E-state index contributed by atoms with van der Waals surface area (Å²) in [4.78, 5) is 26.9. The zero-order chi connectivity index (χ0) is 22.0. The van der Waals surface area contributed by atoms with E-state index in [1.165, 1.54) is 23.1 Å². The van der Waals surface area contributed by atoms with Gasteiger partial charge in [-0.15, -0.1) is 11.3 Å². The Hall–Kier alpha value is -3.11. The second kappa shape index (κ2) is 8.94. The molecule has 10 heteroatoms. The molecule has 0 saturated heterocycles. The van der Waals surface area contributed by atoms with Crippen LogP contribution in [0.1, 0.15) is 28.0 Å². The summed E-state index contributed by atoms with van der Waals surface area (Å²) in [5.74, 6) is 1.83. The largest absolute Gasteiger partial charge is 0.497 e. The number of benzene rings is 1. The van der Waals surface area contributed by atoms with Crippen molar-refractivity contribution < 1.29 is 14.3 Å². The first-order chi connectivity index (χ1) is 15.0. The average molecular weight is 456 g/mol. The molecule has 0 bridgehead atoms. The number of ether oxygens (including phenoxy) is 2. The molecule has 0 atom stereocenters. The van der Waals surface area contributed by atoms with Crippen molar-refractivity contribution in [3.05, 3.63) is 52.9 Å². The highest BCUT2D eigenvalue weighted by atomic mass is 32.2. The number of thiophene rings is 1. The maximum atomic E-state index is 12.2. The van der Waals surface area contributed by atoms with Gasteiger partial charge in [0.1, 0.15) is 27.1 Å². The maximum Gasteiger partial charge on any atom is 0.348 e. The number of carbonyl (C=O) groups is 1. The van der Waals surface area contributed by atoms with Crippen molar-refractivity contribution in [3.8, 4) is 11.4 Å². The summed E-state index contributed by atoms with van der Waals surface area (Å²) in [6.45, 7) is 3.93. The molecule has 0 aliphatic rings. The van der Waals surface area contributed by atoms with Crippen molar-refractivity contribution in [2.75, 3.05) is 19.5 Å². The maximum absolute atomic E-state index is 12.2. The summed E-state index contributed by atoms with van der Waals surface area (Å²) in [5.41, 5.74) is 7.91. The SMILES string of the molecule is CCOC(=O)c1sc2nc(CSc3nccn3-c3cccc(OC)c3)nc(N)c2c1C. The highest BCUT2D eigenvalue weighted by Crippen LogP contribution is 2.34. The first kappa shape index (κ1) is 21.1. The molecule has 4 aromatic rings. The standard InChI is InChI=1S/C21H21N5O3S2/c1-4-29-20(27)17-12(2)16-18(22)24-15(25-19(16)31-17)11-30-21-23-8-9-26(21)13-6-5-7-14(10-13)28-3/h5-10H,4,11H2,1-3H3,(H2,22,24,25). The molecular formula is C21H21N5O3S2. The Morgan fingerprint density at radius 2 is 2.16 bits per heavy atom. The molecule has 31 heavy (non-hydrogen) atoms. The number of rotatable bonds is 7. The van der Waals surface area contributed by atoms with Crippen LogP contribution in [0.2, 0.25) is 0 Å². The zero-order valence-electron chi connectivity index (χ0n) is 17.3. The topological polar surface area (TPSA) is 105 Å². The summed E-state index contributed by atoms with van der Waals surface area (Å²) in [6, 6.07) is 7.75. The molecule has 1 aromatic carbocycles. The summed E-state index contributed by atoms with van der Waals surface area (Å²) in [6.07, 6.45) is 3.64. The number of hydrogen-bond acceptors (Lipinski definition) is 9. The minimum Gasteiger partial charge on any atom is -0.497 e. The fraction of sp³-hybridized carbons (Fsp3) is 0.238. The van der Waals surface area contributed by atoms with E-state index in [4.69, 9.17) is 15.2 Å². The van der Waals surface area contributed by atoms with E-state index in [0.29, 0.717) is 39.1 Å². The van der Waals surface area contributed by atoms with E-state index in [9.17, 15) is 4.79 Å². The zero-order valence-corrected chi connectivity index (χ0v) is 18.9. The van der Waals surface area contributed by atoms with E-state index in [1.807, 2.05) is 42.0 Å². The van der Waals surface area contributed by atoms with E-state index in [0.717, 1.165) is 22.2 Å². The lowest BCUT2D eigenvalue weighted by Gasteiger charge is -2.09. The van der Waals surface area contributed by atoms with Crippen LogP contribution in [0.5, 0.6) is 5.75 Å². The fourth-order valence-corrected chi connectivity index (χ4v) is 5.08. The van der Waals surface area contributed by atoms with Gasteiger partial charge < -0.3 is 15.2 Å². The van der Waals surface area contributed by atoms with Crippen LogP contribution in [0, 0.1) is 6.92 Å². The fourth-order valence-electron chi connectivity index (χ4n) is 3.15. The van der Waals surface area contributed by atoms with Crippen LogP contribution in [-0.4, -0.2) is 39.2 Å². The van der Waals surface area contributed by atoms with Gasteiger partial charge in [0.25, 0.3) is 0 Å². The normalized spacial score (nSPS) is 11.1. The molecule has 0 aliphatic heterocycles. The van der Waals surface area contributed by atoms with Crippen LogP contribution >= 0.6 is 23.1 Å². The van der Waals surface area contributed by atoms with Gasteiger partial charge >= 0.3 is 5.97 Å². The number of nitrogens with zero attached hydrogens (tertiary/aromatic N) is 4. The Bertz CT molecular complexity index is 1250. The van der Waals surface area contributed by atoms with Gasteiger partial charge in [0.2, 0.25) is 0 Å². The molecule has 4 rings (SSSR count). The van der Waals surface area contributed by atoms with Crippen LogP contribution in [0.25, 0.3) is 15.9 Å². The number of aromatic nitrogens is 4. The third-order valence-corrected chi connectivity index (χ3v) is 6.72. The number of methoxy groups -OCH3 is 1. The third kappa shape index (κ3) is 4.21. The van der Waals surface area contributed by atoms with E-state index in [2.05, 4.69) is 15.0 Å². The molecule has 0 radical (unpaired) electrons. The number of nitrogen functional groups attached to an aromatic ring is 1. The van der Waals surface area contributed by atoms with E-state index in [1.54, 1.807) is 20.2 Å². The molecule has 0 spiro atoms. The van der Waals surface area contributed by atoms with Gasteiger partial charge in [-0.3, -0.25) is 4.57 Å². The average Bonchev–Trinajstić information content (AvgIpc) is 3.37. The van der Waals surface area contributed by atoms with Gasteiger partial charge in [0.05, 0.1) is 30.5 Å².